The van der Waals surface area contributed by atoms with Crippen molar-refractivity contribution in [3.05, 3.63) is 59.1 Å². The first kappa shape index (κ1) is 23.0. The maximum atomic E-state index is 12.8. The quantitative estimate of drug-likeness (QED) is 0.574. The number of benzene rings is 2. The molecule has 0 aliphatic carbocycles. The maximum absolute atomic E-state index is 12.8. The number of anilines is 1. The zero-order chi connectivity index (χ0) is 21.4. The fraction of sp³-hybridized carbons (Fsp3) is 0.381. The molecule has 0 heterocycles. The Morgan fingerprint density at radius 1 is 1.17 bits per heavy atom. The molecule has 0 saturated carbocycles. The van der Waals surface area contributed by atoms with E-state index >= 15 is 0 Å². The third kappa shape index (κ3) is 6.37. The van der Waals surface area contributed by atoms with Crippen LogP contribution in [0.4, 0.5) is 5.69 Å². The van der Waals surface area contributed by atoms with Gasteiger partial charge in [0.2, 0.25) is 15.9 Å². The van der Waals surface area contributed by atoms with Crippen molar-refractivity contribution in [1.29, 1.82) is 0 Å². The second-order valence-electron chi connectivity index (χ2n) is 6.67. The van der Waals surface area contributed by atoms with Gasteiger partial charge in [-0.15, -0.1) is 0 Å². The van der Waals surface area contributed by atoms with E-state index in [4.69, 9.17) is 16.3 Å². The first-order chi connectivity index (χ1) is 13.8. The van der Waals surface area contributed by atoms with E-state index in [1.807, 2.05) is 24.3 Å². The lowest BCUT2D eigenvalue weighted by Crippen LogP contribution is -2.49. The molecule has 1 N–H and O–H groups in total. The highest BCUT2D eigenvalue weighted by molar-refractivity contribution is 7.92. The Hall–Kier alpha value is -2.25. The normalized spacial score (nSPS) is 12.3. The fourth-order valence-electron chi connectivity index (χ4n) is 3.17. The number of rotatable bonds is 10. The average molecular weight is 439 g/mol. The molecule has 0 radical (unpaired) electrons. The van der Waals surface area contributed by atoms with E-state index in [2.05, 4.69) is 5.32 Å². The number of halogens is 1. The molecule has 0 aliphatic heterocycles. The van der Waals surface area contributed by atoms with Crippen LogP contribution in [0.15, 0.2) is 48.5 Å². The number of carbonyl (C=O) groups is 1. The van der Waals surface area contributed by atoms with Crippen LogP contribution in [-0.4, -0.2) is 40.3 Å². The lowest BCUT2D eigenvalue weighted by atomic mass is 10.1. The molecule has 0 fully saturated rings. The van der Waals surface area contributed by atoms with Gasteiger partial charge in [-0.1, -0.05) is 36.7 Å². The summed E-state index contributed by atoms with van der Waals surface area (Å²) in [5.74, 6) is 0.490. The van der Waals surface area contributed by atoms with Gasteiger partial charge in [-0.2, -0.15) is 0 Å². The lowest BCUT2D eigenvalue weighted by Gasteiger charge is -2.30. The molecule has 0 aliphatic rings. The standard InChI is InChI=1S/C21H27ClN2O4S/c1-4-19(24(29(3,26)27)18-13-11-17(22)12-14-18)21(25)23-15-7-9-16-8-5-6-10-20(16)28-2/h5-6,8,10-14,19H,4,7,9,15H2,1-3H3,(H,23,25)/t19-/m0/s1. The van der Waals surface area contributed by atoms with Crippen molar-refractivity contribution in [2.45, 2.75) is 32.2 Å². The van der Waals surface area contributed by atoms with E-state index in [1.165, 1.54) is 0 Å². The van der Waals surface area contributed by atoms with Crippen LogP contribution in [0, 0.1) is 0 Å². The van der Waals surface area contributed by atoms with Gasteiger partial charge in [0.05, 0.1) is 19.1 Å². The third-order valence-corrected chi connectivity index (χ3v) is 5.96. The lowest BCUT2D eigenvalue weighted by molar-refractivity contribution is -0.122. The summed E-state index contributed by atoms with van der Waals surface area (Å²) >= 11 is 5.91. The molecule has 1 atom stereocenters. The number of methoxy groups -OCH3 is 1. The van der Waals surface area contributed by atoms with Crippen molar-refractivity contribution in [3.8, 4) is 5.75 Å². The minimum atomic E-state index is -3.66. The molecule has 2 aromatic carbocycles. The Bertz CT molecular complexity index is 917. The SMILES string of the molecule is CC[C@@H](C(=O)NCCCc1ccccc1OC)N(c1ccc(Cl)cc1)S(C)(=O)=O. The van der Waals surface area contributed by atoms with E-state index in [9.17, 15) is 13.2 Å². The van der Waals surface area contributed by atoms with Crippen LogP contribution in [0.5, 0.6) is 5.75 Å². The monoisotopic (exact) mass is 438 g/mol. The second-order valence-corrected chi connectivity index (χ2v) is 8.96. The van der Waals surface area contributed by atoms with Crippen molar-refractivity contribution < 1.29 is 17.9 Å². The summed E-state index contributed by atoms with van der Waals surface area (Å²) < 4.78 is 31.3. The average Bonchev–Trinajstić information content (AvgIpc) is 2.69. The second kappa shape index (κ2) is 10.5. The molecular formula is C21H27ClN2O4S. The van der Waals surface area contributed by atoms with Gasteiger partial charge < -0.3 is 10.1 Å². The third-order valence-electron chi connectivity index (χ3n) is 4.53. The van der Waals surface area contributed by atoms with Crippen LogP contribution in [0.1, 0.15) is 25.3 Å². The summed E-state index contributed by atoms with van der Waals surface area (Å²) in [6.07, 6.45) is 2.89. The molecule has 0 saturated heterocycles. The van der Waals surface area contributed by atoms with Gasteiger partial charge in [-0.25, -0.2) is 8.42 Å². The molecule has 1 amide bonds. The van der Waals surface area contributed by atoms with Crippen LogP contribution >= 0.6 is 11.6 Å². The van der Waals surface area contributed by atoms with E-state index in [-0.39, 0.29) is 5.91 Å². The van der Waals surface area contributed by atoms with E-state index in [0.717, 1.165) is 28.3 Å². The molecule has 0 aromatic heterocycles. The molecule has 8 heteroatoms. The molecule has 158 valence electrons. The van der Waals surface area contributed by atoms with Crippen molar-refractivity contribution in [2.24, 2.45) is 0 Å². The van der Waals surface area contributed by atoms with Crippen molar-refractivity contribution in [3.63, 3.8) is 0 Å². The summed E-state index contributed by atoms with van der Waals surface area (Å²) in [7, 11) is -2.03. The smallest absolute Gasteiger partial charge is 0.243 e. The van der Waals surface area contributed by atoms with E-state index in [1.54, 1.807) is 38.3 Å². The summed E-state index contributed by atoms with van der Waals surface area (Å²) in [4.78, 5) is 12.8. The maximum Gasteiger partial charge on any atom is 0.243 e. The molecule has 0 unspecified atom stereocenters. The number of amides is 1. The number of carbonyl (C=O) groups excluding carboxylic acids is 1. The van der Waals surface area contributed by atoms with Crippen LogP contribution in [0.25, 0.3) is 0 Å². The number of sulfonamides is 1. The van der Waals surface area contributed by atoms with Crippen molar-refractivity contribution >= 4 is 33.2 Å². The molecule has 0 spiro atoms. The summed E-state index contributed by atoms with van der Waals surface area (Å²) in [5, 5.41) is 3.36. The zero-order valence-electron chi connectivity index (χ0n) is 16.9. The molecule has 6 nitrogen and oxygen atoms in total. The largest absolute Gasteiger partial charge is 0.496 e. The molecule has 0 bridgehead atoms. The Labute approximate surface area is 177 Å². The first-order valence-electron chi connectivity index (χ1n) is 9.42. The number of nitrogens with zero attached hydrogens (tertiary/aromatic N) is 1. The topological polar surface area (TPSA) is 75.7 Å². The van der Waals surface area contributed by atoms with E-state index in [0.29, 0.717) is 30.1 Å². The van der Waals surface area contributed by atoms with Gasteiger partial charge in [0, 0.05) is 11.6 Å². The van der Waals surface area contributed by atoms with Crippen LogP contribution in [-0.2, 0) is 21.2 Å². The van der Waals surface area contributed by atoms with Gasteiger partial charge >= 0.3 is 0 Å². The summed E-state index contributed by atoms with van der Waals surface area (Å²) in [6.45, 7) is 2.22. The number of aryl methyl sites for hydroxylation is 1. The number of hydrogen-bond donors (Lipinski definition) is 1. The Kier molecular flexibility index (Phi) is 8.34. The van der Waals surface area contributed by atoms with Gasteiger partial charge in [-0.3, -0.25) is 9.10 Å². The van der Waals surface area contributed by atoms with Gasteiger partial charge in [0.1, 0.15) is 11.8 Å². The predicted octanol–water partition coefficient (Wildman–Crippen LogP) is 3.64. The molecular weight excluding hydrogens is 412 g/mol. The van der Waals surface area contributed by atoms with Crippen LogP contribution < -0.4 is 14.4 Å². The summed E-state index contributed by atoms with van der Waals surface area (Å²) in [6, 6.07) is 13.3. The Morgan fingerprint density at radius 2 is 1.83 bits per heavy atom. The van der Waals surface area contributed by atoms with Crippen LogP contribution in [0.2, 0.25) is 5.02 Å². The number of nitrogens with one attached hydrogen (secondary N) is 1. The minimum Gasteiger partial charge on any atom is -0.496 e. The van der Waals surface area contributed by atoms with Gasteiger partial charge in [-0.05, 0) is 55.2 Å². The van der Waals surface area contributed by atoms with Gasteiger partial charge in [0.25, 0.3) is 0 Å². The highest BCUT2D eigenvalue weighted by Crippen LogP contribution is 2.24. The highest BCUT2D eigenvalue weighted by Gasteiger charge is 2.31. The number of hydrogen-bond acceptors (Lipinski definition) is 4. The Morgan fingerprint density at radius 3 is 2.41 bits per heavy atom. The summed E-state index contributed by atoms with van der Waals surface area (Å²) in [5.41, 5.74) is 1.48. The van der Waals surface area contributed by atoms with Gasteiger partial charge in [0.15, 0.2) is 0 Å². The van der Waals surface area contributed by atoms with E-state index < -0.39 is 16.1 Å². The first-order valence-corrected chi connectivity index (χ1v) is 11.6. The highest BCUT2D eigenvalue weighted by atomic mass is 35.5. The minimum absolute atomic E-state index is 0.326. The Balaban J connectivity index is 2.04. The molecule has 2 aromatic rings. The molecule has 29 heavy (non-hydrogen) atoms. The fourth-order valence-corrected chi connectivity index (χ4v) is 4.50. The van der Waals surface area contributed by atoms with Crippen molar-refractivity contribution in [2.75, 3.05) is 24.2 Å². The predicted molar refractivity (Wildman–Crippen MR) is 117 cm³/mol. The number of ether oxygens (including phenoxy) is 1. The number of para-hydroxylation sites is 1. The van der Waals surface area contributed by atoms with Crippen molar-refractivity contribution in [1.82, 2.24) is 5.32 Å². The molecule has 2 rings (SSSR count). The van der Waals surface area contributed by atoms with Crippen LogP contribution in [0.3, 0.4) is 0 Å². The zero-order valence-corrected chi connectivity index (χ0v) is 18.5.